The molecular weight excluding hydrogens is 256 g/mol. The molecule has 0 radical (unpaired) electrons. The normalized spacial score (nSPS) is 10.5. The molecule has 0 atom stereocenters. The highest BCUT2D eigenvalue weighted by molar-refractivity contribution is 6.09. The Hall–Kier alpha value is -2.21. The minimum atomic E-state index is -0.194. The van der Waals surface area contributed by atoms with E-state index in [2.05, 4.69) is 10.3 Å². The minimum Gasteiger partial charge on any atom is -0.493 e. The summed E-state index contributed by atoms with van der Waals surface area (Å²) in [5.74, 6) is 0.382. The number of aromatic nitrogens is 3. The molecule has 106 valence electrons. The van der Waals surface area contributed by atoms with Crippen LogP contribution in [0, 0.1) is 0 Å². The van der Waals surface area contributed by atoms with Gasteiger partial charge in [0.15, 0.2) is 5.69 Å². The average molecular weight is 274 g/mol. The smallest absolute Gasteiger partial charge is 0.218 e. The number of para-hydroxylation sites is 1. The number of carbonyl (C=O) groups is 1. The van der Waals surface area contributed by atoms with Crippen LogP contribution in [-0.4, -0.2) is 33.9 Å². The van der Waals surface area contributed by atoms with Crippen molar-refractivity contribution in [2.24, 2.45) is 5.73 Å². The molecule has 0 spiro atoms. The molecule has 1 aromatic carbocycles. The van der Waals surface area contributed by atoms with E-state index in [0.717, 1.165) is 6.42 Å². The summed E-state index contributed by atoms with van der Waals surface area (Å²) in [6.07, 6.45) is 2.49. The number of ether oxygens (including phenoxy) is 1. The summed E-state index contributed by atoms with van der Waals surface area (Å²) in [6, 6.07) is 7.16. The predicted molar refractivity (Wildman–Crippen MR) is 74.7 cm³/mol. The number of hydrogen-bond acceptors (Lipinski definition) is 5. The number of carbonyl (C=O) groups excluding carboxylic acids is 1. The molecule has 6 nitrogen and oxygen atoms in total. The lowest BCUT2D eigenvalue weighted by Gasteiger charge is -2.08. The standard InChI is InChI=1S/C14H18N4O2/c1-2-9-20-13-6-4-3-5-11(13)14(19)12-10-18(8-7-15)17-16-12/h3-6,10H,2,7-9,15H2,1H3. The highest BCUT2D eigenvalue weighted by Crippen LogP contribution is 2.20. The first-order chi connectivity index (χ1) is 9.76. The zero-order chi connectivity index (χ0) is 14.4. The Balaban J connectivity index is 2.23. The van der Waals surface area contributed by atoms with Crippen LogP contribution in [0.25, 0.3) is 0 Å². The van der Waals surface area contributed by atoms with Crippen LogP contribution in [0.4, 0.5) is 0 Å². The van der Waals surface area contributed by atoms with Crippen LogP contribution in [0.1, 0.15) is 29.4 Å². The molecule has 1 aromatic heterocycles. The summed E-state index contributed by atoms with van der Waals surface area (Å²) in [6.45, 7) is 3.58. The number of nitrogens with zero attached hydrogens (tertiary/aromatic N) is 3. The van der Waals surface area contributed by atoms with Gasteiger partial charge in [0.25, 0.3) is 0 Å². The van der Waals surface area contributed by atoms with Gasteiger partial charge in [-0.15, -0.1) is 5.10 Å². The summed E-state index contributed by atoms with van der Waals surface area (Å²) >= 11 is 0. The molecule has 1 heterocycles. The van der Waals surface area contributed by atoms with E-state index in [0.29, 0.717) is 36.7 Å². The van der Waals surface area contributed by atoms with Gasteiger partial charge in [0, 0.05) is 6.54 Å². The second kappa shape index (κ2) is 6.81. The summed E-state index contributed by atoms with van der Waals surface area (Å²) < 4.78 is 7.15. The van der Waals surface area contributed by atoms with Gasteiger partial charge in [-0.2, -0.15) is 0 Å². The first-order valence-corrected chi connectivity index (χ1v) is 6.63. The van der Waals surface area contributed by atoms with Crippen molar-refractivity contribution in [3.8, 4) is 5.75 Å². The maximum Gasteiger partial charge on any atom is 0.218 e. The zero-order valence-electron chi connectivity index (χ0n) is 11.5. The van der Waals surface area contributed by atoms with Crippen LogP contribution >= 0.6 is 0 Å². The monoisotopic (exact) mass is 274 g/mol. The Kier molecular flexibility index (Phi) is 4.84. The summed E-state index contributed by atoms with van der Waals surface area (Å²) in [7, 11) is 0. The Morgan fingerprint density at radius 3 is 2.95 bits per heavy atom. The molecule has 0 unspecified atom stereocenters. The number of rotatable bonds is 7. The third-order valence-corrected chi connectivity index (χ3v) is 2.72. The van der Waals surface area contributed by atoms with Crippen LogP contribution in [0.5, 0.6) is 5.75 Å². The van der Waals surface area contributed by atoms with Gasteiger partial charge in [0.2, 0.25) is 5.78 Å². The lowest BCUT2D eigenvalue weighted by molar-refractivity contribution is 0.103. The third kappa shape index (κ3) is 3.21. The third-order valence-electron chi connectivity index (χ3n) is 2.72. The SMILES string of the molecule is CCCOc1ccccc1C(=O)c1cn(CCN)nn1. The van der Waals surface area contributed by atoms with Crippen molar-refractivity contribution in [2.45, 2.75) is 19.9 Å². The predicted octanol–water partition coefficient (Wildman–Crippen LogP) is 1.26. The molecule has 2 rings (SSSR count). The number of ketones is 1. The van der Waals surface area contributed by atoms with E-state index < -0.39 is 0 Å². The van der Waals surface area contributed by atoms with E-state index in [-0.39, 0.29) is 5.78 Å². The molecule has 0 aliphatic carbocycles. The van der Waals surface area contributed by atoms with Gasteiger partial charge in [0.05, 0.1) is 24.9 Å². The number of hydrogen-bond donors (Lipinski definition) is 1. The molecule has 20 heavy (non-hydrogen) atoms. The van der Waals surface area contributed by atoms with E-state index in [1.54, 1.807) is 29.1 Å². The van der Waals surface area contributed by atoms with Gasteiger partial charge in [-0.3, -0.25) is 9.48 Å². The van der Waals surface area contributed by atoms with Gasteiger partial charge in [-0.25, -0.2) is 0 Å². The largest absolute Gasteiger partial charge is 0.493 e. The van der Waals surface area contributed by atoms with Crippen molar-refractivity contribution in [2.75, 3.05) is 13.2 Å². The molecule has 2 N–H and O–H groups in total. The minimum absolute atomic E-state index is 0.194. The van der Waals surface area contributed by atoms with Gasteiger partial charge in [0.1, 0.15) is 5.75 Å². The van der Waals surface area contributed by atoms with Gasteiger partial charge >= 0.3 is 0 Å². The quantitative estimate of drug-likeness (QED) is 0.768. The van der Waals surface area contributed by atoms with Gasteiger partial charge in [-0.1, -0.05) is 24.3 Å². The lowest BCUT2D eigenvalue weighted by atomic mass is 10.1. The summed E-state index contributed by atoms with van der Waals surface area (Å²) in [5.41, 5.74) is 6.24. The molecule has 0 bridgehead atoms. The van der Waals surface area contributed by atoms with Crippen molar-refractivity contribution >= 4 is 5.78 Å². The molecule has 0 fully saturated rings. The Morgan fingerprint density at radius 1 is 1.40 bits per heavy atom. The number of nitrogens with two attached hydrogens (primary N) is 1. The first kappa shape index (κ1) is 14.2. The second-order valence-corrected chi connectivity index (χ2v) is 4.33. The van der Waals surface area contributed by atoms with Gasteiger partial charge < -0.3 is 10.5 Å². The van der Waals surface area contributed by atoms with Crippen molar-refractivity contribution in [3.05, 3.63) is 41.7 Å². The second-order valence-electron chi connectivity index (χ2n) is 4.33. The first-order valence-electron chi connectivity index (χ1n) is 6.63. The molecule has 0 saturated carbocycles. The number of benzene rings is 1. The highest BCUT2D eigenvalue weighted by Gasteiger charge is 2.17. The maximum absolute atomic E-state index is 12.4. The van der Waals surface area contributed by atoms with E-state index in [1.165, 1.54) is 0 Å². The van der Waals surface area contributed by atoms with Crippen molar-refractivity contribution in [3.63, 3.8) is 0 Å². The molecule has 2 aromatic rings. The Bertz CT molecular complexity index is 580. The van der Waals surface area contributed by atoms with E-state index in [9.17, 15) is 4.79 Å². The van der Waals surface area contributed by atoms with Crippen LogP contribution in [0.15, 0.2) is 30.5 Å². The lowest BCUT2D eigenvalue weighted by Crippen LogP contribution is -2.10. The maximum atomic E-state index is 12.4. The van der Waals surface area contributed by atoms with Crippen LogP contribution in [-0.2, 0) is 6.54 Å². The van der Waals surface area contributed by atoms with Crippen LogP contribution in [0.3, 0.4) is 0 Å². The fourth-order valence-corrected chi connectivity index (χ4v) is 1.77. The molecule has 0 amide bonds. The molecule has 0 aliphatic heterocycles. The molecule has 6 heteroatoms. The van der Waals surface area contributed by atoms with Gasteiger partial charge in [-0.05, 0) is 18.6 Å². The topological polar surface area (TPSA) is 83.0 Å². The molecular formula is C14H18N4O2. The van der Waals surface area contributed by atoms with Crippen molar-refractivity contribution in [1.82, 2.24) is 15.0 Å². The molecule has 0 saturated heterocycles. The van der Waals surface area contributed by atoms with Crippen molar-refractivity contribution in [1.29, 1.82) is 0 Å². The van der Waals surface area contributed by atoms with Crippen LogP contribution < -0.4 is 10.5 Å². The van der Waals surface area contributed by atoms with Crippen molar-refractivity contribution < 1.29 is 9.53 Å². The van der Waals surface area contributed by atoms with E-state index in [1.807, 2.05) is 13.0 Å². The van der Waals surface area contributed by atoms with Crippen LogP contribution in [0.2, 0.25) is 0 Å². The van der Waals surface area contributed by atoms with E-state index >= 15 is 0 Å². The zero-order valence-corrected chi connectivity index (χ0v) is 11.5. The highest BCUT2D eigenvalue weighted by atomic mass is 16.5. The Labute approximate surface area is 117 Å². The fraction of sp³-hybridized carbons (Fsp3) is 0.357. The molecule has 0 aliphatic rings. The summed E-state index contributed by atoms with van der Waals surface area (Å²) in [4.78, 5) is 12.4. The summed E-state index contributed by atoms with van der Waals surface area (Å²) in [5, 5.41) is 7.75. The van der Waals surface area contributed by atoms with E-state index in [4.69, 9.17) is 10.5 Å². The average Bonchev–Trinajstić information content (AvgIpc) is 2.94. The fourth-order valence-electron chi connectivity index (χ4n) is 1.77. The Morgan fingerprint density at radius 2 is 2.20 bits per heavy atom.